The minimum Gasteiger partial charge on any atom is -0.383 e. The molecule has 0 saturated carbocycles. The van der Waals surface area contributed by atoms with Crippen LogP contribution in [0.3, 0.4) is 0 Å². The normalized spacial score (nSPS) is 10.9. The number of pyridine rings is 1. The van der Waals surface area contributed by atoms with Gasteiger partial charge in [0.05, 0.1) is 5.52 Å². The van der Waals surface area contributed by atoms with E-state index in [1.54, 1.807) is 12.4 Å². The highest BCUT2D eigenvalue weighted by molar-refractivity contribution is 6.33. The van der Waals surface area contributed by atoms with Crippen molar-refractivity contribution < 1.29 is 0 Å². The average molecular weight is 333 g/mol. The van der Waals surface area contributed by atoms with Gasteiger partial charge in [0, 0.05) is 33.9 Å². The molecule has 2 heterocycles. The van der Waals surface area contributed by atoms with Crippen molar-refractivity contribution in [2.24, 2.45) is 0 Å². The summed E-state index contributed by atoms with van der Waals surface area (Å²) in [4.78, 5) is 13.1. The smallest absolute Gasteiger partial charge is 0.163 e. The monoisotopic (exact) mass is 332 g/mol. The Morgan fingerprint density at radius 1 is 0.875 bits per heavy atom. The molecule has 5 heteroatoms. The van der Waals surface area contributed by atoms with E-state index in [1.165, 1.54) is 0 Å². The van der Waals surface area contributed by atoms with Crippen molar-refractivity contribution in [3.63, 3.8) is 0 Å². The Kier molecular flexibility index (Phi) is 3.59. The van der Waals surface area contributed by atoms with Crippen LogP contribution in [0.4, 0.5) is 5.82 Å². The molecule has 0 aliphatic rings. The van der Waals surface area contributed by atoms with Gasteiger partial charge in [-0.25, -0.2) is 9.97 Å². The van der Waals surface area contributed by atoms with Gasteiger partial charge in [0.1, 0.15) is 5.82 Å². The summed E-state index contributed by atoms with van der Waals surface area (Å²) in [6.45, 7) is 0. The van der Waals surface area contributed by atoms with Crippen LogP contribution in [0.2, 0.25) is 5.02 Å². The number of rotatable bonds is 2. The molecule has 4 rings (SSSR count). The fourth-order valence-corrected chi connectivity index (χ4v) is 2.88. The van der Waals surface area contributed by atoms with Crippen LogP contribution >= 0.6 is 11.6 Å². The molecule has 0 bridgehead atoms. The molecule has 116 valence electrons. The molecule has 0 aliphatic heterocycles. The zero-order chi connectivity index (χ0) is 16.5. The lowest BCUT2D eigenvalue weighted by Crippen LogP contribution is -1.98. The Hall–Kier alpha value is -2.98. The Bertz CT molecular complexity index is 1030. The van der Waals surface area contributed by atoms with Gasteiger partial charge < -0.3 is 5.73 Å². The summed E-state index contributed by atoms with van der Waals surface area (Å²) in [5.74, 6) is 1.01. The number of fused-ring (bicyclic) bond motifs is 1. The Morgan fingerprint density at radius 3 is 2.54 bits per heavy atom. The molecule has 0 amide bonds. The number of anilines is 1. The molecule has 4 nitrogen and oxygen atoms in total. The lowest BCUT2D eigenvalue weighted by atomic mass is 10.0. The van der Waals surface area contributed by atoms with Gasteiger partial charge in [0.25, 0.3) is 0 Å². The van der Waals surface area contributed by atoms with Crippen molar-refractivity contribution in [1.29, 1.82) is 0 Å². The molecule has 0 aliphatic carbocycles. The molecule has 0 radical (unpaired) electrons. The number of halogens is 1. The third-order valence-corrected chi connectivity index (χ3v) is 4.16. The average Bonchev–Trinajstić information content (AvgIpc) is 2.63. The maximum absolute atomic E-state index is 6.29. The van der Waals surface area contributed by atoms with Gasteiger partial charge >= 0.3 is 0 Å². The van der Waals surface area contributed by atoms with E-state index >= 15 is 0 Å². The summed E-state index contributed by atoms with van der Waals surface area (Å²) in [6.07, 6.45) is 3.43. The number of aromatic nitrogens is 3. The second-order valence-corrected chi connectivity index (χ2v) is 5.79. The maximum atomic E-state index is 6.29. The van der Waals surface area contributed by atoms with Gasteiger partial charge in [-0.3, -0.25) is 4.98 Å². The van der Waals surface area contributed by atoms with Gasteiger partial charge in [-0.05, 0) is 35.9 Å². The van der Waals surface area contributed by atoms with Crippen LogP contribution in [0.25, 0.3) is 33.4 Å². The largest absolute Gasteiger partial charge is 0.383 e. The number of benzene rings is 2. The SMILES string of the molecule is Nc1nc(-c2cccnc2)nc2ccc(-c3ccccc3Cl)cc12. The second-order valence-electron chi connectivity index (χ2n) is 5.39. The molecule has 2 aromatic heterocycles. The number of hydrogen-bond donors (Lipinski definition) is 1. The van der Waals surface area contributed by atoms with Crippen molar-refractivity contribution in [2.45, 2.75) is 0 Å². The van der Waals surface area contributed by atoms with Crippen LogP contribution in [0, 0.1) is 0 Å². The first-order valence-electron chi connectivity index (χ1n) is 7.45. The molecule has 0 atom stereocenters. The molecular formula is C19H13ClN4. The molecule has 0 saturated heterocycles. The first-order chi connectivity index (χ1) is 11.7. The number of nitrogens with two attached hydrogens (primary N) is 1. The Labute approximate surface area is 144 Å². The molecule has 0 spiro atoms. The first-order valence-corrected chi connectivity index (χ1v) is 7.83. The predicted octanol–water partition coefficient (Wildman–Crippen LogP) is 4.59. The number of nitrogen functional groups attached to an aromatic ring is 1. The molecule has 0 fully saturated rings. The van der Waals surface area contributed by atoms with Gasteiger partial charge in [-0.2, -0.15) is 0 Å². The summed E-state index contributed by atoms with van der Waals surface area (Å²) in [6, 6.07) is 17.4. The first kappa shape index (κ1) is 14.6. The van der Waals surface area contributed by atoms with Crippen LogP contribution in [0.15, 0.2) is 67.0 Å². The van der Waals surface area contributed by atoms with Crippen molar-refractivity contribution in [3.8, 4) is 22.5 Å². The van der Waals surface area contributed by atoms with Gasteiger partial charge in [-0.15, -0.1) is 0 Å². The van der Waals surface area contributed by atoms with Crippen molar-refractivity contribution >= 4 is 28.3 Å². The molecule has 4 aromatic rings. The van der Waals surface area contributed by atoms with E-state index in [9.17, 15) is 0 Å². The van der Waals surface area contributed by atoms with Crippen molar-refractivity contribution in [3.05, 3.63) is 72.0 Å². The molecule has 2 N–H and O–H groups in total. The Morgan fingerprint density at radius 2 is 1.75 bits per heavy atom. The van der Waals surface area contributed by atoms with Crippen molar-refractivity contribution in [2.75, 3.05) is 5.73 Å². The fourth-order valence-electron chi connectivity index (χ4n) is 2.64. The van der Waals surface area contributed by atoms with Crippen LogP contribution in [0.5, 0.6) is 0 Å². The van der Waals surface area contributed by atoms with E-state index in [1.807, 2.05) is 54.6 Å². The van der Waals surface area contributed by atoms with E-state index in [4.69, 9.17) is 17.3 Å². The third-order valence-electron chi connectivity index (χ3n) is 3.83. The van der Waals surface area contributed by atoms with Crippen molar-refractivity contribution in [1.82, 2.24) is 15.0 Å². The summed E-state index contributed by atoms with van der Waals surface area (Å²) < 4.78 is 0. The second kappa shape index (κ2) is 5.91. The summed E-state index contributed by atoms with van der Waals surface area (Å²) in [7, 11) is 0. The van der Waals surface area contributed by atoms with Gasteiger partial charge in [0.2, 0.25) is 0 Å². The maximum Gasteiger partial charge on any atom is 0.163 e. The molecule has 2 aromatic carbocycles. The van der Waals surface area contributed by atoms with E-state index in [0.29, 0.717) is 16.7 Å². The zero-order valence-electron chi connectivity index (χ0n) is 12.6. The summed E-state index contributed by atoms with van der Waals surface area (Å²) in [5.41, 5.74) is 9.74. The predicted molar refractivity (Wildman–Crippen MR) is 97.6 cm³/mol. The van der Waals surface area contributed by atoms with E-state index < -0.39 is 0 Å². The highest BCUT2D eigenvalue weighted by Gasteiger charge is 2.10. The number of hydrogen-bond acceptors (Lipinski definition) is 4. The fraction of sp³-hybridized carbons (Fsp3) is 0. The van der Waals surface area contributed by atoms with E-state index in [-0.39, 0.29) is 0 Å². The molecular weight excluding hydrogens is 320 g/mol. The zero-order valence-corrected chi connectivity index (χ0v) is 13.4. The minimum absolute atomic E-state index is 0.438. The Balaban J connectivity index is 1.87. The lowest BCUT2D eigenvalue weighted by molar-refractivity contribution is 1.21. The number of nitrogens with zero attached hydrogens (tertiary/aromatic N) is 3. The van der Waals surface area contributed by atoms with Crippen LogP contribution in [-0.4, -0.2) is 15.0 Å². The summed E-state index contributed by atoms with van der Waals surface area (Å²) >= 11 is 6.29. The van der Waals surface area contributed by atoms with Gasteiger partial charge in [0.15, 0.2) is 5.82 Å². The van der Waals surface area contributed by atoms with Crippen LogP contribution in [0.1, 0.15) is 0 Å². The van der Waals surface area contributed by atoms with Crippen LogP contribution in [-0.2, 0) is 0 Å². The topological polar surface area (TPSA) is 64.7 Å². The highest BCUT2D eigenvalue weighted by atomic mass is 35.5. The third kappa shape index (κ3) is 2.57. The highest BCUT2D eigenvalue weighted by Crippen LogP contribution is 2.31. The minimum atomic E-state index is 0.438. The lowest BCUT2D eigenvalue weighted by Gasteiger charge is -2.09. The standard InChI is InChI=1S/C19H13ClN4/c20-16-6-2-1-5-14(16)12-7-8-17-15(10-12)18(21)24-19(23-17)13-4-3-9-22-11-13/h1-11H,(H2,21,23,24). The van der Waals surface area contributed by atoms with Crippen LogP contribution < -0.4 is 5.73 Å². The van der Waals surface area contributed by atoms with E-state index in [0.717, 1.165) is 27.6 Å². The van der Waals surface area contributed by atoms with E-state index in [2.05, 4.69) is 15.0 Å². The molecule has 24 heavy (non-hydrogen) atoms. The summed E-state index contributed by atoms with van der Waals surface area (Å²) in [5, 5.41) is 1.50. The van der Waals surface area contributed by atoms with Gasteiger partial charge in [-0.1, -0.05) is 35.9 Å². The molecule has 0 unspecified atom stereocenters. The quantitative estimate of drug-likeness (QED) is 0.583.